The fourth-order valence-corrected chi connectivity index (χ4v) is 1.92. The molecule has 1 aromatic rings. The number of aliphatic imine (C=N–C) groups is 1. The molecule has 0 spiro atoms. The summed E-state index contributed by atoms with van der Waals surface area (Å²) in [5.41, 5.74) is 1.39. The van der Waals surface area contributed by atoms with E-state index in [0.29, 0.717) is 16.6 Å². The molecule has 1 N–H and O–H groups in total. The predicted molar refractivity (Wildman–Crippen MR) is 70.4 cm³/mol. The van der Waals surface area contributed by atoms with Crippen molar-refractivity contribution in [2.75, 3.05) is 0 Å². The molecule has 0 atom stereocenters. The molecule has 0 aliphatic rings. The van der Waals surface area contributed by atoms with Crippen molar-refractivity contribution >= 4 is 34.6 Å². The molecule has 0 amide bonds. The third kappa shape index (κ3) is 3.39. The number of halogens is 2. The number of nitrogens with zero attached hydrogens (tertiary/aromatic N) is 1. The molecule has 1 rings (SSSR count). The highest BCUT2D eigenvalue weighted by Gasteiger charge is 2.09. The average molecular weight is 260 g/mol. The monoisotopic (exact) mass is 259 g/mol. The topological polar surface area (TPSA) is 32.6 Å². The number of phenolic OH excluding ortho intramolecular Hbond substituents is 1. The van der Waals surface area contributed by atoms with Crippen LogP contribution in [0.5, 0.6) is 5.75 Å². The Labute approximate surface area is 106 Å². The molecule has 0 saturated heterocycles. The number of aromatic hydroxyl groups is 1. The predicted octanol–water partition coefficient (Wildman–Crippen LogP) is 4.84. The molecule has 16 heavy (non-hydrogen) atoms. The van der Waals surface area contributed by atoms with Gasteiger partial charge in [0.25, 0.3) is 0 Å². The van der Waals surface area contributed by atoms with Crippen LogP contribution in [-0.2, 0) is 0 Å². The lowest BCUT2D eigenvalue weighted by Crippen LogP contribution is -1.97. The molecule has 88 valence electrons. The van der Waals surface area contributed by atoms with E-state index in [0.717, 1.165) is 12.1 Å². The summed E-state index contributed by atoms with van der Waals surface area (Å²) >= 11 is 11.9. The molecule has 0 fully saturated rings. The van der Waals surface area contributed by atoms with E-state index in [9.17, 15) is 5.11 Å². The van der Waals surface area contributed by atoms with Crippen LogP contribution in [0.2, 0.25) is 10.0 Å². The fourth-order valence-electron chi connectivity index (χ4n) is 1.46. The van der Waals surface area contributed by atoms with Crippen LogP contribution in [0.15, 0.2) is 17.1 Å². The van der Waals surface area contributed by atoms with E-state index in [2.05, 4.69) is 18.8 Å². The van der Waals surface area contributed by atoms with Crippen molar-refractivity contribution in [3.05, 3.63) is 22.2 Å². The minimum atomic E-state index is 0.00200. The minimum absolute atomic E-state index is 0.00200. The molecule has 0 bridgehead atoms. The molecule has 0 aromatic heterocycles. The van der Waals surface area contributed by atoms with Gasteiger partial charge in [-0.05, 0) is 31.4 Å². The van der Waals surface area contributed by atoms with Gasteiger partial charge >= 0.3 is 0 Å². The van der Waals surface area contributed by atoms with E-state index in [1.165, 1.54) is 6.07 Å². The van der Waals surface area contributed by atoms with Gasteiger partial charge in [-0.2, -0.15) is 0 Å². The summed E-state index contributed by atoms with van der Waals surface area (Å²) < 4.78 is 0. The lowest BCUT2D eigenvalue weighted by atomic mass is 10.1. The Bertz CT molecular complexity index is 414. The Morgan fingerprint density at radius 2 is 2.00 bits per heavy atom. The average Bonchev–Trinajstić information content (AvgIpc) is 2.17. The Hall–Kier alpha value is -0.730. The van der Waals surface area contributed by atoms with Gasteiger partial charge in [0.1, 0.15) is 16.5 Å². The quantitative estimate of drug-likeness (QED) is 0.775. The first-order valence-electron chi connectivity index (χ1n) is 5.13. The molecule has 0 aliphatic heterocycles. The van der Waals surface area contributed by atoms with Gasteiger partial charge in [0.2, 0.25) is 0 Å². The Morgan fingerprint density at radius 3 is 2.56 bits per heavy atom. The van der Waals surface area contributed by atoms with Gasteiger partial charge < -0.3 is 5.11 Å². The molecular formula is C12H15Cl2NO. The largest absolute Gasteiger partial charge is 0.506 e. The Balaban J connectivity index is 3.09. The van der Waals surface area contributed by atoms with Crippen LogP contribution in [0.1, 0.15) is 27.2 Å². The molecule has 4 heteroatoms. The van der Waals surface area contributed by atoms with E-state index in [4.69, 9.17) is 23.2 Å². The van der Waals surface area contributed by atoms with Gasteiger partial charge in [-0.15, -0.1) is 0 Å². The molecule has 0 saturated carbocycles. The van der Waals surface area contributed by atoms with Gasteiger partial charge in [0, 0.05) is 5.71 Å². The number of hydrogen-bond acceptors (Lipinski definition) is 2. The molecule has 0 aliphatic carbocycles. The molecule has 0 unspecified atom stereocenters. The number of phenols is 1. The maximum Gasteiger partial charge on any atom is 0.136 e. The van der Waals surface area contributed by atoms with Crippen molar-refractivity contribution in [2.24, 2.45) is 10.9 Å². The second-order valence-corrected chi connectivity index (χ2v) is 4.96. The SMILES string of the molecule is CC(CC(C)C)=Nc1c(Cl)ccc(O)c1Cl. The number of hydrogen-bond donors (Lipinski definition) is 1. The van der Waals surface area contributed by atoms with Crippen LogP contribution >= 0.6 is 23.2 Å². The third-order valence-electron chi connectivity index (χ3n) is 2.05. The Morgan fingerprint density at radius 1 is 1.38 bits per heavy atom. The molecule has 0 radical (unpaired) electrons. The highest BCUT2D eigenvalue weighted by Crippen LogP contribution is 2.39. The van der Waals surface area contributed by atoms with Crippen molar-refractivity contribution in [1.82, 2.24) is 0 Å². The zero-order chi connectivity index (χ0) is 12.3. The zero-order valence-corrected chi connectivity index (χ0v) is 11.1. The first-order chi connectivity index (χ1) is 7.41. The summed E-state index contributed by atoms with van der Waals surface area (Å²) in [6.45, 7) is 6.16. The maximum absolute atomic E-state index is 9.46. The zero-order valence-electron chi connectivity index (χ0n) is 9.59. The normalized spacial score (nSPS) is 12.2. The number of rotatable bonds is 3. The fraction of sp³-hybridized carbons (Fsp3) is 0.417. The number of benzene rings is 1. The van der Waals surface area contributed by atoms with Crippen LogP contribution in [0.4, 0.5) is 5.69 Å². The van der Waals surface area contributed by atoms with Crippen LogP contribution < -0.4 is 0 Å². The van der Waals surface area contributed by atoms with Crippen molar-refractivity contribution < 1.29 is 5.11 Å². The Kier molecular flexibility index (Phi) is 4.63. The summed E-state index contributed by atoms with van der Waals surface area (Å²) in [5, 5.41) is 10.1. The second-order valence-electron chi connectivity index (χ2n) is 4.17. The van der Waals surface area contributed by atoms with Gasteiger partial charge in [-0.1, -0.05) is 37.0 Å². The van der Waals surface area contributed by atoms with Crippen LogP contribution in [-0.4, -0.2) is 10.8 Å². The third-order valence-corrected chi connectivity index (χ3v) is 2.73. The van der Waals surface area contributed by atoms with Gasteiger partial charge in [-0.25, -0.2) is 0 Å². The molecular weight excluding hydrogens is 245 g/mol. The van der Waals surface area contributed by atoms with Gasteiger partial charge in [-0.3, -0.25) is 4.99 Å². The van der Waals surface area contributed by atoms with Gasteiger partial charge in [0.15, 0.2) is 0 Å². The lowest BCUT2D eigenvalue weighted by Gasteiger charge is -2.07. The summed E-state index contributed by atoms with van der Waals surface area (Å²) in [5.74, 6) is 0.528. The summed E-state index contributed by atoms with van der Waals surface area (Å²) in [7, 11) is 0. The van der Waals surface area contributed by atoms with Crippen LogP contribution in [0, 0.1) is 5.92 Å². The maximum atomic E-state index is 9.46. The first kappa shape index (κ1) is 13.3. The smallest absolute Gasteiger partial charge is 0.136 e. The summed E-state index contributed by atoms with van der Waals surface area (Å²) in [6.07, 6.45) is 0.877. The van der Waals surface area contributed by atoms with E-state index >= 15 is 0 Å². The highest BCUT2D eigenvalue weighted by atomic mass is 35.5. The van der Waals surface area contributed by atoms with E-state index in [1.54, 1.807) is 6.07 Å². The van der Waals surface area contributed by atoms with Crippen molar-refractivity contribution in [1.29, 1.82) is 0 Å². The van der Waals surface area contributed by atoms with Crippen LogP contribution in [0.3, 0.4) is 0 Å². The molecule has 2 nitrogen and oxygen atoms in total. The van der Waals surface area contributed by atoms with Crippen molar-refractivity contribution in [3.63, 3.8) is 0 Å². The van der Waals surface area contributed by atoms with Crippen molar-refractivity contribution in [3.8, 4) is 5.75 Å². The molecule has 0 heterocycles. The lowest BCUT2D eigenvalue weighted by molar-refractivity contribution is 0.476. The minimum Gasteiger partial charge on any atom is -0.506 e. The summed E-state index contributed by atoms with van der Waals surface area (Å²) in [6, 6.07) is 3.05. The second kappa shape index (κ2) is 5.55. The van der Waals surface area contributed by atoms with E-state index in [1.807, 2.05) is 6.92 Å². The molecule has 1 aromatic carbocycles. The first-order valence-corrected chi connectivity index (χ1v) is 5.88. The van der Waals surface area contributed by atoms with E-state index in [-0.39, 0.29) is 10.8 Å². The van der Waals surface area contributed by atoms with Crippen molar-refractivity contribution in [2.45, 2.75) is 27.2 Å². The summed E-state index contributed by atoms with van der Waals surface area (Å²) in [4.78, 5) is 4.35. The van der Waals surface area contributed by atoms with Gasteiger partial charge in [0.05, 0.1) is 5.02 Å². The highest BCUT2D eigenvalue weighted by molar-refractivity contribution is 6.39. The van der Waals surface area contributed by atoms with Crippen LogP contribution in [0.25, 0.3) is 0 Å². The standard InChI is InChI=1S/C12H15Cl2NO/c1-7(2)6-8(3)15-12-9(13)4-5-10(16)11(12)14/h4-5,7,16H,6H2,1-3H3. The van der Waals surface area contributed by atoms with E-state index < -0.39 is 0 Å².